The van der Waals surface area contributed by atoms with E-state index in [0.29, 0.717) is 6.54 Å². The quantitative estimate of drug-likeness (QED) is 0.850. The highest BCUT2D eigenvalue weighted by molar-refractivity contribution is 9.10. The molecular formula is C12H14BrN3O. The van der Waals surface area contributed by atoms with Gasteiger partial charge in [0, 0.05) is 19.3 Å². The standard InChI is InChI=1S/C12H14BrN3O/c1-8-4-5-16(11(17)6-8)7-10-12(13)9(2)14-15(10)3/h4-6H,7H2,1-3H3. The van der Waals surface area contributed by atoms with Crippen LogP contribution < -0.4 is 5.56 Å². The van der Waals surface area contributed by atoms with Crippen LogP contribution in [0.3, 0.4) is 0 Å². The van der Waals surface area contributed by atoms with Crippen molar-refractivity contribution in [1.29, 1.82) is 0 Å². The van der Waals surface area contributed by atoms with Crippen molar-refractivity contribution in [2.24, 2.45) is 7.05 Å². The maximum atomic E-state index is 11.8. The molecule has 0 aliphatic heterocycles. The summed E-state index contributed by atoms with van der Waals surface area (Å²) in [5, 5.41) is 4.31. The van der Waals surface area contributed by atoms with Gasteiger partial charge in [0.1, 0.15) is 0 Å². The molecule has 4 nitrogen and oxygen atoms in total. The van der Waals surface area contributed by atoms with Gasteiger partial charge in [-0.1, -0.05) is 0 Å². The SMILES string of the molecule is Cc1ccn(Cc2c(Br)c(C)nn2C)c(=O)c1. The van der Waals surface area contributed by atoms with Crippen LogP contribution in [0.25, 0.3) is 0 Å². The minimum Gasteiger partial charge on any atom is -0.309 e. The minimum atomic E-state index is 0.00996. The number of pyridine rings is 1. The summed E-state index contributed by atoms with van der Waals surface area (Å²) < 4.78 is 4.44. The Morgan fingerprint density at radius 2 is 2.12 bits per heavy atom. The first-order valence-electron chi connectivity index (χ1n) is 5.34. The summed E-state index contributed by atoms with van der Waals surface area (Å²) in [6.45, 7) is 4.37. The van der Waals surface area contributed by atoms with Crippen molar-refractivity contribution in [3.8, 4) is 0 Å². The molecule has 0 saturated heterocycles. The van der Waals surface area contributed by atoms with Crippen molar-refractivity contribution >= 4 is 15.9 Å². The molecule has 2 rings (SSSR count). The van der Waals surface area contributed by atoms with E-state index in [1.807, 2.05) is 33.2 Å². The predicted molar refractivity (Wildman–Crippen MR) is 70.2 cm³/mol. The third-order valence-corrected chi connectivity index (χ3v) is 3.76. The highest BCUT2D eigenvalue weighted by Gasteiger charge is 2.11. The molecular weight excluding hydrogens is 282 g/mol. The van der Waals surface area contributed by atoms with Crippen LogP contribution in [-0.2, 0) is 13.6 Å². The normalized spacial score (nSPS) is 10.8. The van der Waals surface area contributed by atoms with Crippen LogP contribution in [0.1, 0.15) is 17.0 Å². The number of nitrogens with zero attached hydrogens (tertiary/aromatic N) is 3. The monoisotopic (exact) mass is 295 g/mol. The van der Waals surface area contributed by atoms with Gasteiger partial charge in [0.2, 0.25) is 0 Å². The van der Waals surface area contributed by atoms with Gasteiger partial charge in [-0.25, -0.2) is 0 Å². The van der Waals surface area contributed by atoms with Crippen molar-refractivity contribution in [3.63, 3.8) is 0 Å². The Kier molecular flexibility index (Phi) is 3.19. The van der Waals surface area contributed by atoms with Gasteiger partial charge in [-0.2, -0.15) is 5.10 Å². The third-order valence-electron chi connectivity index (χ3n) is 2.73. The fourth-order valence-electron chi connectivity index (χ4n) is 1.75. The first kappa shape index (κ1) is 12.1. The zero-order chi connectivity index (χ0) is 12.6. The summed E-state index contributed by atoms with van der Waals surface area (Å²) in [4.78, 5) is 11.8. The summed E-state index contributed by atoms with van der Waals surface area (Å²) in [6.07, 6.45) is 1.81. The molecule has 90 valence electrons. The predicted octanol–water partition coefficient (Wildman–Crippen LogP) is 2.01. The Labute approximate surface area is 108 Å². The highest BCUT2D eigenvalue weighted by atomic mass is 79.9. The fraction of sp³-hybridized carbons (Fsp3) is 0.333. The first-order valence-corrected chi connectivity index (χ1v) is 6.13. The summed E-state index contributed by atoms with van der Waals surface area (Å²) in [5.74, 6) is 0. The Bertz CT molecular complexity index is 613. The van der Waals surface area contributed by atoms with E-state index >= 15 is 0 Å². The van der Waals surface area contributed by atoms with Crippen molar-refractivity contribution in [1.82, 2.24) is 14.3 Å². The molecule has 0 aliphatic rings. The fourth-order valence-corrected chi connectivity index (χ4v) is 2.21. The molecule has 0 fully saturated rings. The lowest BCUT2D eigenvalue weighted by Crippen LogP contribution is -2.20. The first-order chi connectivity index (χ1) is 7.99. The van der Waals surface area contributed by atoms with Crippen LogP contribution in [0.15, 0.2) is 27.6 Å². The second kappa shape index (κ2) is 4.49. The largest absolute Gasteiger partial charge is 0.309 e. The zero-order valence-electron chi connectivity index (χ0n) is 10.1. The molecule has 2 aromatic rings. The van der Waals surface area contributed by atoms with Crippen molar-refractivity contribution in [2.75, 3.05) is 0 Å². The molecule has 0 saturated carbocycles. The van der Waals surface area contributed by atoms with Crippen molar-refractivity contribution in [2.45, 2.75) is 20.4 Å². The second-order valence-corrected chi connectivity index (χ2v) is 4.93. The Morgan fingerprint density at radius 3 is 2.65 bits per heavy atom. The van der Waals surface area contributed by atoms with Gasteiger partial charge >= 0.3 is 0 Å². The molecule has 0 atom stereocenters. The van der Waals surface area contributed by atoms with E-state index in [-0.39, 0.29) is 5.56 Å². The van der Waals surface area contributed by atoms with Crippen LogP contribution in [0.4, 0.5) is 0 Å². The lowest BCUT2D eigenvalue weighted by atomic mass is 10.3. The molecule has 2 heterocycles. The van der Waals surface area contributed by atoms with Gasteiger partial charge in [0.05, 0.1) is 22.4 Å². The molecule has 0 spiro atoms. The number of halogens is 1. The van der Waals surface area contributed by atoms with Gasteiger partial charge in [-0.3, -0.25) is 9.48 Å². The van der Waals surface area contributed by atoms with Gasteiger partial charge in [-0.05, 0) is 41.4 Å². The van der Waals surface area contributed by atoms with Gasteiger partial charge in [0.25, 0.3) is 5.56 Å². The van der Waals surface area contributed by atoms with Crippen molar-refractivity contribution < 1.29 is 0 Å². The van der Waals surface area contributed by atoms with E-state index in [9.17, 15) is 4.79 Å². The number of hydrogen-bond donors (Lipinski definition) is 0. The average molecular weight is 296 g/mol. The molecule has 0 radical (unpaired) electrons. The number of hydrogen-bond acceptors (Lipinski definition) is 2. The van der Waals surface area contributed by atoms with Crippen LogP contribution in [0.5, 0.6) is 0 Å². The molecule has 2 aromatic heterocycles. The maximum absolute atomic E-state index is 11.8. The topological polar surface area (TPSA) is 39.8 Å². The van der Waals surface area contributed by atoms with Crippen LogP contribution in [0, 0.1) is 13.8 Å². The summed E-state index contributed by atoms with van der Waals surface area (Å²) in [7, 11) is 1.88. The summed E-state index contributed by atoms with van der Waals surface area (Å²) in [6, 6.07) is 3.57. The molecule has 0 aliphatic carbocycles. The highest BCUT2D eigenvalue weighted by Crippen LogP contribution is 2.20. The third kappa shape index (κ3) is 2.34. The van der Waals surface area contributed by atoms with E-state index in [1.54, 1.807) is 15.3 Å². The lowest BCUT2D eigenvalue weighted by Gasteiger charge is -2.07. The van der Waals surface area contributed by atoms with Crippen molar-refractivity contribution in [3.05, 3.63) is 50.1 Å². The Balaban J connectivity index is 2.41. The maximum Gasteiger partial charge on any atom is 0.251 e. The van der Waals surface area contributed by atoms with Gasteiger partial charge in [0.15, 0.2) is 0 Å². The molecule has 0 bridgehead atoms. The van der Waals surface area contributed by atoms with Gasteiger partial charge in [-0.15, -0.1) is 0 Å². The lowest BCUT2D eigenvalue weighted by molar-refractivity contribution is 0.649. The minimum absolute atomic E-state index is 0.00996. The van der Waals surface area contributed by atoms with E-state index < -0.39 is 0 Å². The van der Waals surface area contributed by atoms with E-state index in [2.05, 4.69) is 21.0 Å². The van der Waals surface area contributed by atoms with Crippen LogP contribution >= 0.6 is 15.9 Å². The number of aryl methyl sites for hydroxylation is 3. The summed E-state index contributed by atoms with van der Waals surface area (Å²) in [5.41, 5.74) is 2.92. The van der Waals surface area contributed by atoms with E-state index in [1.165, 1.54) is 0 Å². The molecule has 0 N–H and O–H groups in total. The van der Waals surface area contributed by atoms with E-state index in [0.717, 1.165) is 21.4 Å². The van der Waals surface area contributed by atoms with Gasteiger partial charge < -0.3 is 4.57 Å². The molecule has 0 aromatic carbocycles. The molecule has 0 unspecified atom stereocenters. The zero-order valence-corrected chi connectivity index (χ0v) is 11.7. The van der Waals surface area contributed by atoms with Crippen LogP contribution in [-0.4, -0.2) is 14.3 Å². The number of aromatic nitrogens is 3. The molecule has 0 amide bonds. The second-order valence-electron chi connectivity index (χ2n) is 4.14. The van der Waals surface area contributed by atoms with Crippen LogP contribution in [0.2, 0.25) is 0 Å². The average Bonchev–Trinajstić information content (AvgIpc) is 2.48. The number of rotatable bonds is 2. The Hall–Kier alpha value is -1.36. The summed E-state index contributed by atoms with van der Waals surface area (Å²) >= 11 is 3.50. The van der Waals surface area contributed by atoms with E-state index in [4.69, 9.17) is 0 Å². The Morgan fingerprint density at radius 1 is 1.41 bits per heavy atom. The molecule has 17 heavy (non-hydrogen) atoms. The smallest absolute Gasteiger partial charge is 0.251 e. The molecule has 5 heteroatoms.